The molecular weight excluding hydrogens is 249 g/mol. The molecule has 4 N–H and O–H groups in total. The normalized spacial score (nSPS) is 24.7. The molecule has 4 nitrogen and oxygen atoms in total. The van der Waals surface area contributed by atoms with Gasteiger partial charge in [-0.1, -0.05) is 23.2 Å². The molecule has 1 fully saturated rings. The van der Waals surface area contributed by atoms with Crippen molar-refractivity contribution in [1.29, 1.82) is 0 Å². The first-order valence-corrected chi connectivity index (χ1v) is 5.94. The quantitative estimate of drug-likeness (QED) is 0.762. The molecule has 0 aliphatic heterocycles. The molecule has 1 aliphatic rings. The van der Waals surface area contributed by atoms with Gasteiger partial charge in [-0.2, -0.15) is 0 Å². The summed E-state index contributed by atoms with van der Waals surface area (Å²) in [6.07, 6.45) is 2.94. The number of nitrogens with two attached hydrogens (primary N) is 1. The lowest BCUT2D eigenvalue weighted by Gasteiger charge is -2.16. The van der Waals surface area contributed by atoms with Gasteiger partial charge in [0.25, 0.3) is 5.91 Å². The molecule has 1 heterocycles. The highest BCUT2D eigenvalue weighted by Gasteiger charge is 2.26. The number of rotatable bonds is 2. The summed E-state index contributed by atoms with van der Waals surface area (Å²) in [7, 11) is 0. The lowest BCUT2D eigenvalue weighted by Crippen LogP contribution is -2.44. The first-order valence-electron chi connectivity index (χ1n) is 5.18. The topological polar surface area (TPSA) is 70.9 Å². The maximum atomic E-state index is 11.8. The Kier molecular flexibility index (Phi) is 3.42. The predicted molar refractivity (Wildman–Crippen MR) is 63.9 cm³/mol. The Morgan fingerprint density at radius 1 is 1.50 bits per heavy atom. The first kappa shape index (κ1) is 11.8. The summed E-state index contributed by atoms with van der Waals surface area (Å²) in [5.74, 6) is -0.212. The molecule has 0 bridgehead atoms. The van der Waals surface area contributed by atoms with E-state index in [2.05, 4.69) is 10.3 Å². The van der Waals surface area contributed by atoms with Gasteiger partial charge in [-0.3, -0.25) is 4.79 Å². The fourth-order valence-corrected chi connectivity index (χ4v) is 2.25. The maximum Gasteiger partial charge on any atom is 0.268 e. The molecule has 1 saturated carbocycles. The fraction of sp³-hybridized carbons (Fsp3) is 0.500. The number of H-pyrrole nitrogens is 1. The largest absolute Gasteiger partial charge is 0.346 e. The van der Waals surface area contributed by atoms with E-state index < -0.39 is 0 Å². The summed E-state index contributed by atoms with van der Waals surface area (Å²) in [6, 6.07) is 1.61. The summed E-state index contributed by atoms with van der Waals surface area (Å²) in [4.78, 5) is 14.5. The van der Waals surface area contributed by atoms with Crippen LogP contribution in [-0.4, -0.2) is 23.0 Å². The van der Waals surface area contributed by atoms with E-state index in [0.29, 0.717) is 10.7 Å². The monoisotopic (exact) mass is 261 g/mol. The summed E-state index contributed by atoms with van der Waals surface area (Å²) in [5, 5.41) is 3.50. The summed E-state index contributed by atoms with van der Waals surface area (Å²) in [5.41, 5.74) is 6.23. The molecule has 2 atom stereocenters. The molecular formula is C10H13Cl2N3O. The van der Waals surface area contributed by atoms with Gasteiger partial charge in [-0.05, 0) is 25.3 Å². The van der Waals surface area contributed by atoms with Crippen molar-refractivity contribution in [2.24, 2.45) is 5.73 Å². The zero-order valence-corrected chi connectivity index (χ0v) is 10.1. The molecule has 2 rings (SSSR count). The van der Waals surface area contributed by atoms with Crippen LogP contribution in [0.2, 0.25) is 10.2 Å². The van der Waals surface area contributed by atoms with E-state index in [-0.39, 0.29) is 23.1 Å². The number of carbonyl (C=O) groups is 1. The number of hydrogen-bond donors (Lipinski definition) is 3. The third kappa shape index (κ3) is 2.34. The molecule has 0 aromatic carbocycles. The van der Waals surface area contributed by atoms with Crippen LogP contribution in [0.5, 0.6) is 0 Å². The van der Waals surface area contributed by atoms with Gasteiger partial charge in [-0.25, -0.2) is 0 Å². The van der Waals surface area contributed by atoms with E-state index in [1.807, 2.05) is 0 Å². The van der Waals surface area contributed by atoms with Gasteiger partial charge in [0.1, 0.15) is 10.8 Å². The Hall–Kier alpha value is -0.710. The zero-order chi connectivity index (χ0) is 11.7. The molecule has 16 heavy (non-hydrogen) atoms. The van der Waals surface area contributed by atoms with Gasteiger partial charge in [0.05, 0.1) is 5.02 Å². The number of aromatic amines is 1. The molecule has 0 radical (unpaired) electrons. The van der Waals surface area contributed by atoms with Crippen molar-refractivity contribution in [2.45, 2.75) is 31.3 Å². The highest BCUT2D eigenvalue weighted by Crippen LogP contribution is 2.22. The Balaban J connectivity index is 2.02. The Bertz CT molecular complexity index is 385. The number of halogens is 2. The predicted octanol–water partition coefficient (Wildman–Crippen LogP) is 1.93. The molecule has 88 valence electrons. The minimum absolute atomic E-state index is 0.0462. The van der Waals surface area contributed by atoms with Crippen LogP contribution in [-0.2, 0) is 0 Å². The van der Waals surface area contributed by atoms with Crippen LogP contribution < -0.4 is 11.1 Å². The van der Waals surface area contributed by atoms with Gasteiger partial charge in [0.2, 0.25) is 0 Å². The maximum absolute atomic E-state index is 11.8. The molecule has 1 aromatic heterocycles. The molecule has 1 aromatic rings. The van der Waals surface area contributed by atoms with Crippen LogP contribution in [0, 0.1) is 0 Å². The standard InChI is InChI=1S/C10H13Cl2N3O/c11-5-4-8(14-9(5)12)10(16)15-7-3-1-2-6(7)13/h4,6-7,14H,1-3,13H2,(H,15,16). The van der Waals surface area contributed by atoms with Crippen molar-refractivity contribution in [2.75, 3.05) is 0 Å². The van der Waals surface area contributed by atoms with E-state index >= 15 is 0 Å². The van der Waals surface area contributed by atoms with Crippen molar-refractivity contribution in [3.8, 4) is 0 Å². The van der Waals surface area contributed by atoms with Gasteiger partial charge in [-0.15, -0.1) is 0 Å². The van der Waals surface area contributed by atoms with E-state index in [9.17, 15) is 4.79 Å². The lowest BCUT2D eigenvalue weighted by molar-refractivity contribution is 0.0930. The van der Waals surface area contributed by atoms with Gasteiger partial charge < -0.3 is 16.0 Å². The molecule has 2 unspecified atom stereocenters. The Morgan fingerprint density at radius 2 is 2.25 bits per heavy atom. The zero-order valence-electron chi connectivity index (χ0n) is 8.59. The van der Waals surface area contributed by atoms with Crippen molar-refractivity contribution in [3.05, 3.63) is 21.9 Å². The SMILES string of the molecule is NC1CCCC1NC(=O)c1cc(Cl)c(Cl)[nH]1. The van der Waals surface area contributed by atoms with Crippen LogP contribution >= 0.6 is 23.2 Å². The second kappa shape index (κ2) is 4.65. The Morgan fingerprint density at radius 3 is 2.75 bits per heavy atom. The van der Waals surface area contributed by atoms with Gasteiger partial charge in [0, 0.05) is 12.1 Å². The number of hydrogen-bond acceptors (Lipinski definition) is 2. The van der Waals surface area contributed by atoms with Gasteiger partial charge in [0.15, 0.2) is 0 Å². The van der Waals surface area contributed by atoms with Crippen LogP contribution in [0.1, 0.15) is 29.8 Å². The molecule has 6 heteroatoms. The average molecular weight is 262 g/mol. The van der Waals surface area contributed by atoms with E-state index in [4.69, 9.17) is 28.9 Å². The molecule has 0 spiro atoms. The highest BCUT2D eigenvalue weighted by atomic mass is 35.5. The van der Waals surface area contributed by atoms with Crippen LogP contribution in [0.15, 0.2) is 6.07 Å². The smallest absolute Gasteiger partial charge is 0.268 e. The number of carbonyl (C=O) groups excluding carboxylic acids is 1. The van der Waals surface area contributed by atoms with E-state index in [1.165, 1.54) is 6.07 Å². The van der Waals surface area contributed by atoms with Crippen molar-refractivity contribution < 1.29 is 4.79 Å². The average Bonchev–Trinajstić information content (AvgIpc) is 2.76. The van der Waals surface area contributed by atoms with Crippen LogP contribution in [0.4, 0.5) is 0 Å². The lowest BCUT2D eigenvalue weighted by atomic mass is 10.2. The number of aromatic nitrogens is 1. The first-order chi connectivity index (χ1) is 7.58. The van der Waals surface area contributed by atoms with E-state index in [1.54, 1.807) is 0 Å². The van der Waals surface area contributed by atoms with Crippen LogP contribution in [0.3, 0.4) is 0 Å². The fourth-order valence-electron chi connectivity index (χ4n) is 1.94. The highest BCUT2D eigenvalue weighted by molar-refractivity contribution is 6.41. The van der Waals surface area contributed by atoms with Crippen LogP contribution in [0.25, 0.3) is 0 Å². The summed E-state index contributed by atoms with van der Waals surface area (Å²) in [6.45, 7) is 0. The molecule has 1 aliphatic carbocycles. The minimum Gasteiger partial charge on any atom is -0.346 e. The third-order valence-electron chi connectivity index (χ3n) is 2.86. The molecule has 0 saturated heterocycles. The second-order valence-electron chi connectivity index (χ2n) is 4.02. The Labute approximate surface area is 103 Å². The summed E-state index contributed by atoms with van der Waals surface area (Å²) < 4.78 is 0. The van der Waals surface area contributed by atoms with Crippen molar-refractivity contribution >= 4 is 29.1 Å². The molecule has 1 amide bonds. The number of nitrogens with one attached hydrogen (secondary N) is 2. The van der Waals surface area contributed by atoms with E-state index in [0.717, 1.165) is 19.3 Å². The van der Waals surface area contributed by atoms with Crippen molar-refractivity contribution in [1.82, 2.24) is 10.3 Å². The second-order valence-corrected chi connectivity index (χ2v) is 4.80. The number of amides is 1. The van der Waals surface area contributed by atoms with Gasteiger partial charge >= 0.3 is 0 Å². The third-order valence-corrected chi connectivity index (χ3v) is 3.55. The summed E-state index contributed by atoms with van der Waals surface area (Å²) >= 11 is 11.5. The van der Waals surface area contributed by atoms with Crippen molar-refractivity contribution in [3.63, 3.8) is 0 Å². The minimum atomic E-state index is -0.212.